The summed E-state index contributed by atoms with van der Waals surface area (Å²) in [5, 5.41) is 3.05. The molecule has 1 aromatic carbocycles. The van der Waals surface area contributed by atoms with Crippen molar-refractivity contribution in [2.75, 3.05) is 6.61 Å². The van der Waals surface area contributed by atoms with E-state index in [1.807, 2.05) is 56.3 Å². The summed E-state index contributed by atoms with van der Waals surface area (Å²) < 4.78 is 5.60. The lowest BCUT2D eigenvalue weighted by Gasteiger charge is -2.17. The van der Waals surface area contributed by atoms with Gasteiger partial charge in [0, 0.05) is 12.6 Å². The van der Waals surface area contributed by atoms with E-state index in [1.165, 1.54) is 0 Å². The van der Waals surface area contributed by atoms with E-state index >= 15 is 0 Å². The van der Waals surface area contributed by atoms with Gasteiger partial charge >= 0.3 is 0 Å². The molecule has 0 fully saturated rings. The number of rotatable bonds is 8. The minimum absolute atomic E-state index is 0.0301. The second-order valence-electron chi connectivity index (χ2n) is 5.55. The van der Waals surface area contributed by atoms with E-state index in [2.05, 4.69) is 10.3 Å². The maximum atomic E-state index is 12.1. The minimum Gasteiger partial charge on any atom is -0.494 e. The predicted octanol–water partition coefficient (Wildman–Crippen LogP) is 3.82. The topological polar surface area (TPSA) is 51.2 Å². The van der Waals surface area contributed by atoms with Gasteiger partial charge in [0.1, 0.15) is 5.75 Å². The molecule has 1 amide bonds. The molecule has 2 rings (SSSR count). The Morgan fingerprint density at radius 2 is 2.04 bits per heavy atom. The van der Waals surface area contributed by atoms with Gasteiger partial charge in [-0.3, -0.25) is 9.78 Å². The molecule has 1 N–H and O–H groups in total. The van der Waals surface area contributed by atoms with Gasteiger partial charge in [0.15, 0.2) is 0 Å². The average molecular weight is 312 g/mol. The van der Waals surface area contributed by atoms with Crippen LogP contribution in [0, 0.1) is 6.92 Å². The number of pyridine rings is 1. The Morgan fingerprint density at radius 3 is 2.74 bits per heavy atom. The Kier molecular flexibility index (Phi) is 6.60. The monoisotopic (exact) mass is 312 g/mol. The molecule has 0 aliphatic rings. The number of carbonyl (C=O) groups is 1. The smallest absolute Gasteiger partial charge is 0.220 e. The molecule has 4 heteroatoms. The third-order valence-electron chi connectivity index (χ3n) is 3.60. The Hall–Kier alpha value is -2.36. The van der Waals surface area contributed by atoms with Crippen molar-refractivity contribution in [3.63, 3.8) is 0 Å². The second kappa shape index (κ2) is 8.93. The molecule has 0 radical (unpaired) electrons. The van der Waals surface area contributed by atoms with Crippen LogP contribution in [0.1, 0.15) is 43.5 Å². The van der Waals surface area contributed by atoms with E-state index in [4.69, 9.17) is 4.74 Å². The van der Waals surface area contributed by atoms with Gasteiger partial charge in [-0.2, -0.15) is 0 Å². The molecular formula is C19H24N2O2. The normalized spacial score (nSPS) is 11.7. The van der Waals surface area contributed by atoms with E-state index in [1.54, 1.807) is 6.20 Å². The van der Waals surface area contributed by atoms with Crippen LogP contribution in [0.2, 0.25) is 0 Å². The van der Waals surface area contributed by atoms with Crippen LogP contribution in [-0.4, -0.2) is 17.5 Å². The first-order valence-electron chi connectivity index (χ1n) is 8.09. The third kappa shape index (κ3) is 5.74. The Labute approximate surface area is 137 Å². The molecule has 0 unspecified atom stereocenters. The van der Waals surface area contributed by atoms with Crippen molar-refractivity contribution < 1.29 is 9.53 Å². The van der Waals surface area contributed by atoms with E-state index in [0.29, 0.717) is 19.4 Å². The van der Waals surface area contributed by atoms with E-state index in [0.717, 1.165) is 23.4 Å². The van der Waals surface area contributed by atoms with Crippen LogP contribution >= 0.6 is 0 Å². The number of hydrogen-bond donors (Lipinski definition) is 1. The Balaban J connectivity index is 1.75. The fourth-order valence-electron chi connectivity index (χ4n) is 2.34. The number of ether oxygens (including phenoxy) is 1. The summed E-state index contributed by atoms with van der Waals surface area (Å²) in [4.78, 5) is 16.4. The highest BCUT2D eigenvalue weighted by molar-refractivity contribution is 5.76. The number of para-hydroxylation sites is 1. The number of hydrogen-bond acceptors (Lipinski definition) is 3. The molecule has 1 heterocycles. The summed E-state index contributed by atoms with van der Waals surface area (Å²) in [6.07, 6.45) is 3.75. The first-order chi connectivity index (χ1) is 11.2. The lowest BCUT2D eigenvalue weighted by Crippen LogP contribution is -2.28. The van der Waals surface area contributed by atoms with Crippen LogP contribution < -0.4 is 10.1 Å². The highest BCUT2D eigenvalue weighted by atomic mass is 16.5. The number of carbonyl (C=O) groups excluding carboxylic acids is 1. The quantitative estimate of drug-likeness (QED) is 0.754. The van der Waals surface area contributed by atoms with Crippen LogP contribution in [0.5, 0.6) is 5.75 Å². The molecule has 0 aliphatic heterocycles. The van der Waals surface area contributed by atoms with Gasteiger partial charge in [0.2, 0.25) is 5.91 Å². The van der Waals surface area contributed by atoms with Crippen molar-refractivity contribution in [3.8, 4) is 5.75 Å². The van der Waals surface area contributed by atoms with E-state index in [-0.39, 0.29) is 11.9 Å². The molecule has 0 bridgehead atoms. The number of aromatic nitrogens is 1. The van der Waals surface area contributed by atoms with E-state index in [9.17, 15) is 4.79 Å². The molecule has 23 heavy (non-hydrogen) atoms. The fraction of sp³-hybridized carbons (Fsp3) is 0.368. The zero-order chi connectivity index (χ0) is 16.5. The standard InChI is InChI=1S/C19H24N2O2/c1-3-17(18-14-15(2)11-12-20-18)21-19(22)10-7-13-23-16-8-5-4-6-9-16/h4-6,8-9,11-12,14,17H,3,7,10,13H2,1-2H3,(H,21,22)/t17-/m0/s1. The first kappa shape index (κ1) is 17.0. The van der Waals surface area contributed by atoms with Crippen molar-refractivity contribution >= 4 is 5.91 Å². The molecular weight excluding hydrogens is 288 g/mol. The van der Waals surface area contributed by atoms with Crippen LogP contribution in [0.3, 0.4) is 0 Å². The van der Waals surface area contributed by atoms with Crippen molar-refractivity contribution in [2.45, 2.75) is 39.2 Å². The largest absolute Gasteiger partial charge is 0.494 e. The van der Waals surface area contributed by atoms with Crippen molar-refractivity contribution in [3.05, 3.63) is 59.9 Å². The molecule has 1 aromatic heterocycles. The summed E-state index contributed by atoms with van der Waals surface area (Å²) in [5.74, 6) is 0.875. The second-order valence-corrected chi connectivity index (χ2v) is 5.55. The molecule has 122 valence electrons. The highest BCUT2D eigenvalue weighted by Gasteiger charge is 2.13. The number of nitrogens with zero attached hydrogens (tertiary/aromatic N) is 1. The number of aryl methyl sites for hydroxylation is 1. The molecule has 2 aromatic rings. The molecule has 0 aliphatic carbocycles. The van der Waals surface area contributed by atoms with Crippen LogP contribution in [-0.2, 0) is 4.79 Å². The predicted molar refractivity (Wildman–Crippen MR) is 91.3 cm³/mol. The van der Waals surface area contributed by atoms with Crippen LogP contribution in [0.15, 0.2) is 48.7 Å². The molecule has 4 nitrogen and oxygen atoms in total. The molecule has 0 saturated carbocycles. The lowest BCUT2D eigenvalue weighted by molar-refractivity contribution is -0.122. The van der Waals surface area contributed by atoms with Crippen LogP contribution in [0.4, 0.5) is 0 Å². The Morgan fingerprint density at radius 1 is 1.26 bits per heavy atom. The van der Waals surface area contributed by atoms with Gasteiger partial charge in [0.05, 0.1) is 18.3 Å². The summed E-state index contributed by atoms with van der Waals surface area (Å²) in [5.41, 5.74) is 2.07. The summed E-state index contributed by atoms with van der Waals surface area (Å²) in [6.45, 7) is 4.62. The average Bonchev–Trinajstić information content (AvgIpc) is 2.57. The number of nitrogens with one attached hydrogen (secondary N) is 1. The maximum absolute atomic E-state index is 12.1. The fourth-order valence-corrected chi connectivity index (χ4v) is 2.34. The van der Waals surface area contributed by atoms with Gasteiger partial charge in [-0.1, -0.05) is 25.1 Å². The SMILES string of the molecule is CC[C@H](NC(=O)CCCOc1ccccc1)c1cc(C)ccn1. The number of benzene rings is 1. The van der Waals surface area contributed by atoms with Crippen LogP contribution in [0.25, 0.3) is 0 Å². The summed E-state index contributed by atoms with van der Waals surface area (Å²) >= 11 is 0. The lowest BCUT2D eigenvalue weighted by atomic mass is 10.1. The number of amides is 1. The van der Waals surface area contributed by atoms with Crippen molar-refractivity contribution in [1.29, 1.82) is 0 Å². The Bertz CT molecular complexity index is 614. The summed E-state index contributed by atoms with van der Waals surface area (Å²) in [7, 11) is 0. The molecule has 0 saturated heterocycles. The third-order valence-corrected chi connectivity index (χ3v) is 3.60. The minimum atomic E-state index is -0.0301. The first-order valence-corrected chi connectivity index (χ1v) is 8.09. The van der Waals surface area contributed by atoms with Gasteiger partial charge in [0.25, 0.3) is 0 Å². The highest BCUT2D eigenvalue weighted by Crippen LogP contribution is 2.15. The molecule has 0 spiro atoms. The van der Waals surface area contributed by atoms with Gasteiger partial charge < -0.3 is 10.1 Å². The van der Waals surface area contributed by atoms with Gasteiger partial charge in [-0.25, -0.2) is 0 Å². The van der Waals surface area contributed by atoms with E-state index < -0.39 is 0 Å². The zero-order valence-electron chi connectivity index (χ0n) is 13.8. The zero-order valence-corrected chi connectivity index (χ0v) is 13.8. The van der Waals surface area contributed by atoms with Gasteiger partial charge in [-0.15, -0.1) is 0 Å². The molecule has 1 atom stereocenters. The van der Waals surface area contributed by atoms with Crippen molar-refractivity contribution in [2.24, 2.45) is 0 Å². The van der Waals surface area contributed by atoms with Gasteiger partial charge in [-0.05, 0) is 49.6 Å². The summed E-state index contributed by atoms with van der Waals surface area (Å²) in [6, 6.07) is 13.6. The maximum Gasteiger partial charge on any atom is 0.220 e. The van der Waals surface area contributed by atoms with Crippen molar-refractivity contribution in [1.82, 2.24) is 10.3 Å².